The minimum Gasteiger partial charge on any atom is -0.504 e. The van der Waals surface area contributed by atoms with Crippen LogP contribution < -0.4 is 0 Å². The average Bonchev–Trinajstić information content (AvgIpc) is 3.72. The number of rotatable bonds is 14. The van der Waals surface area contributed by atoms with E-state index >= 15 is 0 Å². The maximum absolute atomic E-state index is 12.4. The topological polar surface area (TPSA) is 212 Å². The fourth-order valence-corrected chi connectivity index (χ4v) is 12.2. The Morgan fingerprint density at radius 1 is 0.650 bits per heavy atom. The second-order valence-electron chi connectivity index (χ2n) is 25.4. The molecule has 9 fully saturated rings. The van der Waals surface area contributed by atoms with Crippen LogP contribution in [-0.4, -0.2) is 91.5 Å². The van der Waals surface area contributed by atoms with Gasteiger partial charge in [-0.15, -0.1) is 0 Å². The predicted molar refractivity (Wildman–Crippen MR) is 326 cm³/mol. The van der Waals surface area contributed by atoms with Crippen molar-refractivity contribution in [1.29, 1.82) is 0 Å². The summed E-state index contributed by atoms with van der Waals surface area (Å²) in [6.45, 7) is 25.3. The van der Waals surface area contributed by atoms with Crippen molar-refractivity contribution >= 4 is 29.8 Å². The lowest BCUT2D eigenvalue weighted by molar-refractivity contribution is -0.264. The molecule has 2 saturated heterocycles. The number of aromatic hydroxyl groups is 2. The van der Waals surface area contributed by atoms with Gasteiger partial charge in [-0.05, 0) is 179 Å². The monoisotopic (exact) mass is 1140 g/mol. The lowest BCUT2D eigenvalue weighted by atomic mass is 9.50. The smallest absolute Gasteiger partial charge is 0.344 e. The Morgan fingerprint density at radius 3 is 1.61 bits per heavy atom. The van der Waals surface area contributed by atoms with E-state index in [4.69, 9.17) is 28.8 Å². The number of fused-ring (bicyclic) bond motifs is 1. The average molecular weight is 1140 g/mol. The van der Waals surface area contributed by atoms with Gasteiger partial charge in [0.1, 0.15) is 23.4 Å². The quantitative estimate of drug-likeness (QED) is 0.0775. The maximum atomic E-state index is 12.4. The van der Waals surface area contributed by atoms with Gasteiger partial charge in [0.15, 0.2) is 18.1 Å². The number of esters is 5. The van der Waals surface area contributed by atoms with Crippen molar-refractivity contribution in [3.8, 4) is 11.5 Å². The van der Waals surface area contributed by atoms with Crippen molar-refractivity contribution in [2.24, 2.45) is 45.8 Å². The van der Waals surface area contributed by atoms with E-state index in [0.29, 0.717) is 43.4 Å². The van der Waals surface area contributed by atoms with Crippen LogP contribution in [0.2, 0.25) is 0 Å². The molecule has 8 bridgehead atoms. The molecule has 14 nitrogen and oxygen atoms in total. The molecule has 80 heavy (non-hydrogen) atoms. The van der Waals surface area contributed by atoms with Gasteiger partial charge in [0.05, 0.1) is 33.4 Å². The first kappa shape index (κ1) is 82.6. The van der Waals surface area contributed by atoms with Crippen molar-refractivity contribution in [2.75, 3.05) is 6.61 Å². The van der Waals surface area contributed by atoms with Crippen LogP contribution in [0.4, 0.5) is 0 Å². The summed E-state index contributed by atoms with van der Waals surface area (Å²) in [4.78, 5) is 60.6. The highest BCUT2D eigenvalue weighted by atomic mass is 16.6. The molecule has 8 atom stereocenters. The second kappa shape index (κ2) is 32.2. The molecule has 0 spiro atoms. The van der Waals surface area contributed by atoms with Crippen LogP contribution in [0, 0.1) is 45.8 Å². The van der Waals surface area contributed by atoms with E-state index in [0.717, 1.165) is 82.6 Å². The number of carbonyl (C=O) groups is 5. The van der Waals surface area contributed by atoms with Crippen LogP contribution in [0.25, 0.3) is 0 Å². The van der Waals surface area contributed by atoms with Crippen molar-refractivity contribution < 1.29 is 68.1 Å². The van der Waals surface area contributed by atoms with Crippen LogP contribution in [0.3, 0.4) is 0 Å². The molecule has 7 aliphatic carbocycles. The normalized spacial score (nSPS) is 27.9. The summed E-state index contributed by atoms with van der Waals surface area (Å²) in [5, 5.41) is 39.6. The van der Waals surface area contributed by atoms with Gasteiger partial charge in [0.25, 0.3) is 0 Å². The van der Waals surface area contributed by atoms with Gasteiger partial charge in [-0.3, -0.25) is 19.2 Å². The standard InChI is InChI=1S/C18H26O6.C16H26O4.C14H26O2.C10H14O2.8CH4/c1-4-18(2,3)17(21)22-9-14(19)24-15-11-5-10-6-12(8-11)16(20)23-13(15)7-10;1-4-13(2,3)12(17)20-16-7-11-5-14(18,9-16)8-15(19,6-11)10-16;1-6-13(4,5)12(15)16-14(11(2)3)9-7-8-10-14;1-3-7(2)8-4-5-9(11)10(12)6-8;;;;;;;;/h10-13,15H,4-9H2,1-3H3;11,18-19H,4-10H2,1-3H3;11H,6-10H2,1-5H3;4-7,11-12H,3H2,1-2H3;8*1H4. The molecule has 1 aromatic rings. The largest absolute Gasteiger partial charge is 0.504 e. The van der Waals surface area contributed by atoms with Crippen LogP contribution >= 0.6 is 0 Å². The van der Waals surface area contributed by atoms with Gasteiger partial charge in [-0.2, -0.15) is 0 Å². The zero-order chi connectivity index (χ0) is 53.8. The van der Waals surface area contributed by atoms with Gasteiger partial charge in [0.2, 0.25) is 0 Å². The third-order valence-electron chi connectivity index (χ3n) is 18.0. The fourth-order valence-electron chi connectivity index (χ4n) is 12.2. The molecule has 8 unspecified atom stereocenters. The summed E-state index contributed by atoms with van der Waals surface area (Å²) < 4.78 is 27.9. The third kappa shape index (κ3) is 19.9. The Kier molecular flexibility index (Phi) is 33.3. The van der Waals surface area contributed by atoms with Crippen molar-refractivity contribution in [1.82, 2.24) is 0 Å². The Morgan fingerprint density at radius 2 is 1.15 bits per heavy atom. The number of phenolic OH excluding ortho intramolecular Hbond substituents is 2. The highest BCUT2D eigenvalue weighted by Crippen LogP contribution is 2.61. The zero-order valence-electron chi connectivity index (χ0n) is 46.2. The first-order valence-corrected chi connectivity index (χ1v) is 27.4. The summed E-state index contributed by atoms with van der Waals surface area (Å²) in [5.41, 5.74) is -2.91. The maximum Gasteiger partial charge on any atom is 0.344 e. The van der Waals surface area contributed by atoms with Gasteiger partial charge in [-0.1, -0.05) is 114 Å². The minimum absolute atomic E-state index is 0. The molecule has 4 N–H and O–H groups in total. The van der Waals surface area contributed by atoms with Gasteiger partial charge in [0, 0.05) is 25.2 Å². The molecule has 0 aromatic heterocycles. The highest BCUT2D eigenvalue weighted by molar-refractivity contribution is 5.80. The van der Waals surface area contributed by atoms with Crippen molar-refractivity contribution in [3.05, 3.63) is 23.8 Å². The number of benzene rings is 1. The zero-order valence-corrected chi connectivity index (χ0v) is 46.2. The van der Waals surface area contributed by atoms with Crippen LogP contribution in [0.5, 0.6) is 11.5 Å². The molecule has 0 radical (unpaired) electrons. The highest BCUT2D eigenvalue weighted by Gasteiger charge is 2.65. The van der Waals surface area contributed by atoms with Crippen LogP contribution in [0.15, 0.2) is 18.2 Å². The van der Waals surface area contributed by atoms with E-state index < -0.39 is 45.7 Å². The Labute approximate surface area is 489 Å². The Bertz CT molecular complexity index is 2050. The van der Waals surface area contributed by atoms with E-state index in [9.17, 15) is 39.3 Å². The third-order valence-corrected chi connectivity index (χ3v) is 18.0. The van der Waals surface area contributed by atoms with E-state index in [1.807, 2.05) is 54.5 Å². The second-order valence-corrected chi connectivity index (χ2v) is 25.4. The van der Waals surface area contributed by atoms with E-state index in [1.54, 1.807) is 19.9 Å². The molecule has 0 amide bonds. The minimum atomic E-state index is -0.842. The van der Waals surface area contributed by atoms with E-state index in [-0.39, 0.29) is 130 Å². The van der Waals surface area contributed by atoms with Crippen molar-refractivity contribution in [2.45, 2.75) is 306 Å². The molecule has 2 heterocycles. The number of carbonyl (C=O) groups excluding carboxylic acids is 5. The molecule has 7 saturated carbocycles. The molecular formula is C66H124O14. The number of aliphatic hydroxyl groups is 2. The van der Waals surface area contributed by atoms with Crippen LogP contribution in [0.1, 0.15) is 276 Å². The fraction of sp³-hybridized carbons (Fsp3) is 0.833. The summed E-state index contributed by atoms with van der Waals surface area (Å²) in [7, 11) is 0. The summed E-state index contributed by atoms with van der Waals surface area (Å²) in [6, 6.07) is 4.98. The van der Waals surface area contributed by atoms with Crippen LogP contribution in [-0.2, 0) is 47.7 Å². The number of hydrogen-bond acceptors (Lipinski definition) is 14. The van der Waals surface area contributed by atoms with Gasteiger partial charge in [-0.25, -0.2) is 4.79 Å². The summed E-state index contributed by atoms with van der Waals surface area (Å²) in [6.07, 6.45) is 14.0. The molecule has 472 valence electrons. The molecule has 2 aliphatic heterocycles. The number of ether oxygens (including phenoxy) is 5. The Balaban J connectivity index is -0.000000478. The lowest BCUT2D eigenvalue weighted by Crippen LogP contribution is -2.67. The SMILES string of the molecule is C.C.C.C.C.C.C.C.CCC(C)(C)C(=O)OC1(C(C)C)CCCC1.CCC(C)(C)C(=O)OC12CC3CC(O)(CC(O)(C3)C1)C2.CCC(C)(C)C(=O)OCC(=O)OC1C2CC3CC(C2)C(=O)OC1C3.CCC(C)c1ccc(O)c(O)c1. The molecular weight excluding hydrogens is 1020 g/mol. The first-order valence-electron chi connectivity index (χ1n) is 27.4. The van der Waals surface area contributed by atoms with Gasteiger partial charge < -0.3 is 44.1 Å². The predicted octanol–water partition coefficient (Wildman–Crippen LogP) is 16.0. The molecule has 14 heteroatoms. The van der Waals surface area contributed by atoms with E-state index in [2.05, 4.69) is 27.7 Å². The van der Waals surface area contributed by atoms with E-state index in [1.165, 1.54) is 18.9 Å². The number of hydrogen-bond donors (Lipinski definition) is 4. The molecule has 1 aromatic carbocycles. The summed E-state index contributed by atoms with van der Waals surface area (Å²) in [5.74, 6) is 0.303. The summed E-state index contributed by atoms with van der Waals surface area (Å²) >= 11 is 0. The molecule has 10 rings (SSSR count). The molecule has 9 aliphatic rings. The lowest BCUT2D eigenvalue weighted by Gasteiger charge is -2.62. The Hall–Kier alpha value is -3.91. The number of phenols is 2. The van der Waals surface area contributed by atoms with Gasteiger partial charge >= 0.3 is 29.8 Å². The first-order chi connectivity index (χ1) is 33.4. The van der Waals surface area contributed by atoms with Crippen molar-refractivity contribution in [3.63, 3.8) is 0 Å².